The second-order valence-electron chi connectivity index (χ2n) is 13.2. The predicted octanol–water partition coefficient (Wildman–Crippen LogP) is 14.3. The van der Waals surface area contributed by atoms with Crippen molar-refractivity contribution in [3.05, 3.63) is 170 Å². The van der Waals surface area contributed by atoms with E-state index in [1.54, 1.807) is 34.0 Å². The van der Waals surface area contributed by atoms with Gasteiger partial charge in [-0.15, -0.1) is 34.0 Å². The molecule has 254 valence electrons. The highest BCUT2D eigenvalue weighted by molar-refractivity contribution is 7.25. The number of pyridine rings is 1. The number of aromatic nitrogens is 3. The average molecular weight is 745 g/mol. The topological polar surface area (TPSA) is 41.9 Å². The maximum atomic E-state index is 5.11. The minimum atomic E-state index is 1.01. The summed E-state index contributed by atoms with van der Waals surface area (Å²) < 4.78 is 3.64. The molecule has 54 heavy (non-hydrogen) atoms. The smallest absolute Gasteiger partial charge is 0.125 e. The first-order valence-corrected chi connectivity index (χ1v) is 20.2. The maximum Gasteiger partial charge on any atom is 0.125 e. The van der Waals surface area contributed by atoms with Gasteiger partial charge < -0.3 is 4.90 Å². The minimum absolute atomic E-state index is 1.01. The van der Waals surface area contributed by atoms with Crippen LogP contribution in [0.25, 0.3) is 83.9 Å². The van der Waals surface area contributed by atoms with Crippen molar-refractivity contribution in [3.63, 3.8) is 0 Å². The summed E-state index contributed by atoms with van der Waals surface area (Å²) in [5, 5.41) is 5.67. The van der Waals surface area contributed by atoms with Gasteiger partial charge >= 0.3 is 0 Å². The Kier molecular flexibility index (Phi) is 7.36. The van der Waals surface area contributed by atoms with Gasteiger partial charge in [-0.1, -0.05) is 72.8 Å². The van der Waals surface area contributed by atoms with Gasteiger partial charge in [0.1, 0.15) is 14.8 Å². The Bertz CT molecular complexity index is 2970. The molecular weight excluding hydrogens is 717 g/mol. The van der Waals surface area contributed by atoms with E-state index in [1.807, 2.05) is 12.1 Å². The summed E-state index contributed by atoms with van der Waals surface area (Å²) >= 11 is 5.22. The molecule has 0 aliphatic rings. The van der Waals surface area contributed by atoms with Crippen LogP contribution >= 0.6 is 34.0 Å². The molecule has 0 saturated carbocycles. The Balaban J connectivity index is 1.03. The van der Waals surface area contributed by atoms with Crippen LogP contribution < -0.4 is 4.90 Å². The van der Waals surface area contributed by atoms with E-state index in [0.717, 1.165) is 65.0 Å². The zero-order valence-electron chi connectivity index (χ0n) is 28.7. The molecule has 11 rings (SSSR count). The van der Waals surface area contributed by atoms with Crippen LogP contribution in [-0.4, -0.2) is 15.0 Å². The van der Waals surface area contributed by atoms with Crippen LogP contribution in [0, 0.1) is 0 Å². The summed E-state index contributed by atoms with van der Waals surface area (Å²) in [6.45, 7) is 0. The zero-order valence-corrected chi connectivity index (χ0v) is 31.1. The lowest BCUT2D eigenvalue weighted by atomic mass is 9.96. The Morgan fingerprint density at radius 3 is 1.33 bits per heavy atom. The van der Waals surface area contributed by atoms with Crippen LogP contribution in [0.15, 0.2) is 170 Å². The Hall–Kier alpha value is -6.25. The molecule has 0 amide bonds. The lowest BCUT2D eigenvalue weighted by Crippen LogP contribution is -2.09. The fourth-order valence-corrected chi connectivity index (χ4v) is 10.4. The average Bonchev–Trinajstić information content (AvgIpc) is 3.96. The van der Waals surface area contributed by atoms with Gasteiger partial charge in [-0.2, -0.15) is 0 Å². The third-order valence-electron chi connectivity index (χ3n) is 9.97. The number of rotatable bonds is 6. The van der Waals surface area contributed by atoms with Gasteiger partial charge in [0.15, 0.2) is 0 Å². The van der Waals surface area contributed by atoms with Crippen molar-refractivity contribution in [2.75, 3.05) is 4.90 Å². The van der Waals surface area contributed by atoms with E-state index < -0.39 is 0 Å². The number of thiazole rings is 2. The van der Waals surface area contributed by atoms with Gasteiger partial charge in [0.05, 0.1) is 25.9 Å². The van der Waals surface area contributed by atoms with Crippen molar-refractivity contribution in [1.82, 2.24) is 15.0 Å². The highest BCUT2D eigenvalue weighted by atomic mass is 32.1. The van der Waals surface area contributed by atoms with Crippen molar-refractivity contribution in [2.24, 2.45) is 0 Å². The number of benzene rings is 7. The van der Waals surface area contributed by atoms with E-state index in [-0.39, 0.29) is 0 Å². The van der Waals surface area contributed by atoms with Gasteiger partial charge in [0, 0.05) is 54.6 Å². The molecule has 0 spiro atoms. The van der Waals surface area contributed by atoms with Crippen LogP contribution in [0.4, 0.5) is 17.1 Å². The van der Waals surface area contributed by atoms with Gasteiger partial charge in [0.2, 0.25) is 0 Å². The normalized spacial score (nSPS) is 11.7. The molecule has 0 bridgehead atoms. The van der Waals surface area contributed by atoms with Gasteiger partial charge in [-0.25, -0.2) is 15.0 Å². The molecule has 4 nitrogen and oxygen atoms in total. The van der Waals surface area contributed by atoms with Crippen LogP contribution in [0.3, 0.4) is 0 Å². The second-order valence-corrected chi connectivity index (χ2v) is 16.3. The quantitative estimate of drug-likeness (QED) is 0.170. The van der Waals surface area contributed by atoms with E-state index in [2.05, 4.69) is 163 Å². The van der Waals surface area contributed by atoms with Crippen molar-refractivity contribution in [1.29, 1.82) is 0 Å². The number of hydrogen-bond donors (Lipinski definition) is 0. The minimum Gasteiger partial charge on any atom is -0.311 e. The lowest BCUT2D eigenvalue weighted by molar-refractivity contribution is 1.28. The largest absolute Gasteiger partial charge is 0.311 e. The monoisotopic (exact) mass is 744 g/mol. The van der Waals surface area contributed by atoms with Gasteiger partial charge in [-0.05, 0) is 103 Å². The zero-order chi connectivity index (χ0) is 35.6. The van der Waals surface area contributed by atoms with Crippen molar-refractivity contribution in [2.45, 2.75) is 0 Å². The van der Waals surface area contributed by atoms with Crippen molar-refractivity contribution < 1.29 is 0 Å². The Morgan fingerprint density at radius 1 is 0.352 bits per heavy atom. The number of thiophene rings is 1. The molecule has 0 N–H and O–H groups in total. The van der Waals surface area contributed by atoms with Crippen LogP contribution in [-0.2, 0) is 0 Å². The number of hydrogen-bond acceptors (Lipinski definition) is 7. The molecule has 0 radical (unpaired) electrons. The van der Waals surface area contributed by atoms with E-state index in [9.17, 15) is 0 Å². The first-order chi connectivity index (χ1) is 26.7. The predicted molar refractivity (Wildman–Crippen MR) is 232 cm³/mol. The van der Waals surface area contributed by atoms with E-state index in [0.29, 0.717) is 0 Å². The number of fused-ring (bicyclic) bond motifs is 6. The summed E-state index contributed by atoms with van der Waals surface area (Å²) in [5.74, 6) is 0. The molecule has 0 saturated heterocycles. The summed E-state index contributed by atoms with van der Waals surface area (Å²) in [5.41, 5.74) is 10.9. The van der Waals surface area contributed by atoms with E-state index >= 15 is 0 Å². The van der Waals surface area contributed by atoms with Crippen LogP contribution in [0.1, 0.15) is 0 Å². The molecule has 4 heterocycles. The highest BCUT2D eigenvalue weighted by Crippen LogP contribution is 2.44. The van der Waals surface area contributed by atoms with Gasteiger partial charge in [0.25, 0.3) is 0 Å². The molecule has 0 atom stereocenters. The fourth-order valence-electron chi connectivity index (χ4n) is 7.40. The number of anilines is 3. The first-order valence-electron chi connectivity index (χ1n) is 17.8. The fraction of sp³-hybridized carbons (Fsp3) is 0. The summed E-state index contributed by atoms with van der Waals surface area (Å²) in [6, 6.07) is 60.4. The third-order valence-corrected chi connectivity index (χ3v) is 13.2. The van der Waals surface area contributed by atoms with Crippen molar-refractivity contribution in [3.8, 4) is 32.3 Å². The molecule has 0 unspecified atom stereocenters. The molecule has 4 aromatic heterocycles. The summed E-state index contributed by atoms with van der Waals surface area (Å²) in [4.78, 5) is 18.3. The molecule has 0 aliphatic heterocycles. The Morgan fingerprint density at radius 2 is 0.796 bits per heavy atom. The second kappa shape index (κ2) is 12.7. The van der Waals surface area contributed by atoms with E-state index in [4.69, 9.17) is 15.0 Å². The number of para-hydroxylation sites is 3. The third kappa shape index (κ3) is 5.28. The molecular formula is C47H28N4S3. The molecule has 0 aliphatic carbocycles. The highest BCUT2D eigenvalue weighted by Gasteiger charge is 2.19. The SMILES string of the molecule is c1ccc2sc(-c3ccc(N(c4ccc(-c5nc6ccccc6s5)cc4)c4ccc(-c5c6ccccc6nc6sc7ccccc7c56)cc4)cc3)nc2c1. The first kappa shape index (κ1) is 31.3. The van der Waals surface area contributed by atoms with Crippen LogP contribution in [0.5, 0.6) is 0 Å². The van der Waals surface area contributed by atoms with Gasteiger partial charge in [-0.3, -0.25) is 0 Å². The Labute approximate surface area is 322 Å². The summed E-state index contributed by atoms with van der Waals surface area (Å²) in [6.07, 6.45) is 0. The van der Waals surface area contributed by atoms with Crippen LogP contribution in [0.2, 0.25) is 0 Å². The van der Waals surface area contributed by atoms with Crippen molar-refractivity contribution >= 4 is 103 Å². The van der Waals surface area contributed by atoms with E-state index in [1.165, 1.54) is 36.0 Å². The molecule has 0 fully saturated rings. The molecule has 11 aromatic rings. The summed E-state index contributed by atoms with van der Waals surface area (Å²) in [7, 11) is 0. The molecule has 7 aromatic carbocycles. The lowest BCUT2D eigenvalue weighted by Gasteiger charge is -2.26. The standard InChI is InChI=1S/C47H28N4S3/c1-3-11-37-35(9-1)43(44-36-10-2-6-14-40(36)52-47(44)48-37)29-17-23-32(24-18-29)51(33-25-19-30(20-26-33)45-49-38-12-4-7-15-41(38)53-45)34-27-21-31(22-28-34)46-50-39-13-5-8-16-42(39)54-46/h1-28H. The number of nitrogens with zero attached hydrogens (tertiary/aromatic N) is 4. The molecule has 7 heteroatoms. The maximum absolute atomic E-state index is 5.11.